The van der Waals surface area contributed by atoms with E-state index >= 15 is 0 Å². The lowest BCUT2D eigenvalue weighted by molar-refractivity contribution is 0.477. The zero-order valence-electron chi connectivity index (χ0n) is 24.9. The van der Waals surface area contributed by atoms with Gasteiger partial charge < -0.3 is 5.11 Å². The van der Waals surface area contributed by atoms with Crippen LogP contribution in [-0.4, -0.2) is 15.1 Å². The van der Waals surface area contributed by atoms with Gasteiger partial charge in [-0.1, -0.05) is 121 Å². The number of fused-ring (bicyclic) bond motifs is 6. The summed E-state index contributed by atoms with van der Waals surface area (Å²) < 4.78 is 0. The van der Waals surface area contributed by atoms with E-state index in [2.05, 4.69) is 121 Å². The van der Waals surface area contributed by atoms with Crippen molar-refractivity contribution in [3.63, 3.8) is 0 Å². The molecule has 0 unspecified atom stereocenters. The van der Waals surface area contributed by atoms with Crippen LogP contribution in [0.5, 0.6) is 5.75 Å². The summed E-state index contributed by atoms with van der Waals surface area (Å²) in [5, 5.41) is 14.1. The number of hydrogen-bond donors (Lipinski definition) is 1. The minimum Gasteiger partial charge on any atom is -0.507 e. The van der Waals surface area contributed by atoms with Crippen molar-refractivity contribution in [2.45, 2.75) is 5.41 Å². The molecule has 8 aromatic rings. The van der Waals surface area contributed by atoms with Crippen molar-refractivity contribution in [2.24, 2.45) is 0 Å². The maximum absolute atomic E-state index is 10.9. The van der Waals surface area contributed by atoms with Gasteiger partial charge in [0.25, 0.3) is 0 Å². The molecule has 0 spiro atoms. The first-order chi connectivity index (χ1) is 22.7. The number of para-hydroxylation sites is 1. The lowest BCUT2D eigenvalue weighted by Gasteiger charge is -2.32. The molecule has 0 aliphatic heterocycles. The summed E-state index contributed by atoms with van der Waals surface area (Å²) in [7, 11) is 0. The van der Waals surface area contributed by atoms with Crippen LogP contribution in [0.25, 0.3) is 55.2 Å². The molecule has 2 aromatic heterocycles. The average molecular weight is 589 g/mol. The van der Waals surface area contributed by atoms with Crippen LogP contribution in [0.2, 0.25) is 0 Å². The fourth-order valence-corrected chi connectivity index (χ4v) is 7.48. The zero-order valence-corrected chi connectivity index (χ0v) is 24.9. The van der Waals surface area contributed by atoms with Gasteiger partial charge >= 0.3 is 0 Å². The van der Waals surface area contributed by atoms with E-state index in [-0.39, 0.29) is 5.75 Å². The lowest BCUT2D eigenvalue weighted by Crippen LogP contribution is -2.29. The van der Waals surface area contributed by atoms with Crippen LogP contribution >= 0.6 is 0 Å². The minimum atomic E-state index is -0.609. The normalized spacial score (nSPS) is 13.0. The van der Waals surface area contributed by atoms with E-state index < -0.39 is 5.41 Å². The number of pyridine rings is 2. The molecular weight excluding hydrogens is 560 g/mol. The van der Waals surface area contributed by atoms with Crippen LogP contribution in [0.15, 0.2) is 164 Å². The Morgan fingerprint density at radius 1 is 0.500 bits per heavy atom. The van der Waals surface area contributed by atoms with E-state index in [4.69, 9.17) is 9.97 Å². The molecule has 0 bridgehead atoms. The van der Waals surface area contributed by atoms with Crippen LogP contribution in [-0.2, 0) is 5.41 Å². The quantitative estimate of drug-likeness (QED) is 0.208. The maximum atomic E-state index is 10.9. The SMILES string of the molecule is Oc1ccccc1-c1cc(-c2ccccc2)c2ccc3ccc(C4(c5ccccn5)c5ccccc5-c5ccccc54)cc3c2n1. The Morgan fingerprint density at radius 3 is 1.87 bits per heavy atom. The highest BCUT2D eigenvalue weighted by Gasteiger charge is 2.47. The number of nitrogens with zero attached hydrogens (tertiary/aromatic N) is 2. The lowest BCUT2D eigenvalue weighted by atomic mass is 9.69. The van der Waals surface area contributed by atoms with Gasteiger partial charge in [-0.3, -0.25) is 4.98 Å². The van der Waals surface area contributed by atoms with Crippen LogP contribution in [0, 0.1) is 0 Å². The highest BCUT2D eigenvalue weighted by molar-refractivity contribution is 6.11. The summed E-state index contributed by atoms with van der Waals surface area (Å²) in [6, 6.07) is 54.8. The second-order valence-corrected chi connectivity index (χ2v) is 11.9. The molecule has 46 heavy (non-hydrogen) atoms. The van der Waals surface area contributed by atoms with Crippen LogP contribution in [0.1, 0.15) is 22.4 Å². The monoisotopic (exact) mass is 588 g/mol. The predicted molar refractivity (Wildman–Crippen MR) is 187 cm³/mol. The summed E-state index contributed by atoms with van der Waals surface area (Å²) in [6.45, 7) is 0. The maximum Gasteiger partial charge on any atom is 0.124 e. The first kappa shape index (κ1) is 26.4. The zero-order chi connectivity index (χ0) is 30.7. The second kappa shape index (κ2) is 10.3. The standard InChI is InChI=1S/C43H28N2O/c46-40-19-9-6-16-34(40)39-27-35(28-12-2-1-3-13-28)33-24-22-29-21-23-30(26-36(29)42(33)45-39)43(41-20-10-11-25-44-41)37-17-7-4-14-31(37)32-15-5-8-18-38(32)43/h1-27,46H. The van der Waals surface area contributed by atoms with Gasteiger partial charge in [0.15, 0.2) is 0 Å². The van der Waals surface area contributed by atoms with Crippen molar-refractivity contribution in [1.29, 1.82) is 0 Å². The number of rotatable bonds is 4. The van der Waals surface area contributed by atoms with Crippen molar-refractivity contribution < 1.29 is 5.11 Å². The molecule has 1 aliphatic rings. The molecule has 0 saturated heterocycles. The largest absolute Gasteiger partial charge is 0.507 e. The van der Waals surface area contributed by atoms with Gasteiger partial charge in [-0.05, 0) is 80.7 Å². The molecule has 1 N–H and O–H groups in total. The van der Waals surface area contributed by atoms with Crippen molar-refractivity contribution in [1.82, 2.24) is 9.97 Å². The Labute approximate surface area is 267 Å². The molecule has 1 aliphatic carbocycles. The first-order valence-electron chi connectivity index (χ1n) is 15.6. The van der Waals surface area contributed by atoms with Gasteiger partial charge in [0.2, 0.25) is 0 Å². The van der Waals surface area contributed by atoms with E-state index in [9.17, 15) is 5.11 Å². The van der Waals surface area contributed by atoms with Gasteiger partial charge in [0, 0.05) is 22.5 Å². The predicted octanol–water partition coefficient (Wildman–Crippen LogP) is 10.2. The number of aromatic hydroxyl groups is 1. The molecular formula is C43H28N2O. The molecule has 0 fully saturated rings. The van der Waals surface area contributed by atoms with Crippen LogP contribution < -0.4 is 0 Å². The molecule has 0 saturated carbocycles. The smallest absolute Gasteiger partial charge is 0.124 e. The van der Waals surface area contributed by atoms with Gasteiger partial charge in [-0.15, -0.1) is 0 Å². The topological polar surface area (TPSA) is 46.0 Å². The van der Waals surface area contributed by atoms with Crippen LogP contribution in [0.4, 0.5) is 0 Å². The van der Waals surface area contributed by atoms with Gasteiger partial charge in [0.05, 0.1) is 22.3 Å². The van der Waals surface area contributed by atoms with E-state index in [1.165, 1.54) is 22.3 Å². The molecule has 3 heteroatoms. The second-order valence-electron chi connectivity index (χ2n) is 11.9. The van der Waals surface area contributed by atoms with Crippen molar-refractivity contribution in [3.05, 3.63) is 186 Å². The van der Waals surface area contributed by atoms with Gasteiger partial charge in [0.1, 0.15) is 5.75 Å². The molecule has 0 atom stereocenters. The Kier molecular flexibility index (Phi) is 5.87. The van der Waals surface area contributed by atoms with Crippen molar-refractivity contribution >= 4 is 21.7 Å². The number of benzene rings is 6. The highest BCUT2D eigenvalue weighted by atomic mass is 16.3. The molecule has 216 valence electrons. The summed E-state index contributed by atoms with van der Waals surface area (Å²) in [4.78, 5) is 10.3. The van der Waals surface area contributed by atoms with Gasteiger partial charge in [-0.25, -0.2) is 4.98 Å². The number of hydrogen-bond acceptors (Lipinski definition) is 3. The van der Waals surface area contributed by atoms with Crippen molar-refractivity contribution in [3.8, 4) is 39.3 Å². The Hall–Kier alpha value is -6.06. The number of phenols is 1. The molecule has 0 radical (unpaired) electrons. The molecule has 6 aromatic carbocycles. The van der Waals surface area contributed by atoms with Crippen molar-refractivity contribution in [2.75, 3.05) is 0 Å². The van der Waals surface area contributed by atoms with Crippen LogP contribution in [0.3, 0.4) is 0 Å². The molecule has 0 amide bonds. The summed E-state index contributed by atoms with van der Waals surface area (Å²) in [5.74, 6) is 0.211. The third-order valence-corrected chi connectivity index (χ3v) is 9.50. The fourth-order valence-electron chi connectivity index (χ4n) is 7.48. The number of phenolic OH excluding ortho intramolecular Hbond substituents is 1. The van der Waals surface area contributed by atoms with E-state index in [1.54, 1.807) is 6.07 Å². The molecule has 9 rings (SSSR count). The average Bonchev–Trinajstić information content (AvgIpc) is 3.43. The highest BCUT2D eigenvalue weighted by Crippen LogP contribution is 2.56. The fraction of sp³-hybridized carbons (Fsp3) is 0.0233. The summed E-state index contributed by atoms with van der Waals surface area (Å²) in [6.07, 6.45) is 1.89. The minimum absolute atomic E-state index is 0.211. The van der Waals surface area contributed by atoms with E-state index in [1.807, 2.05) is 36.5 Å². The third-order valence-electron chi connectivity index (χ3n) is 9.50. The molecule has 3 nitrogen and oxygen atoms in total. The summed E-state index contributed by atoms with van der Waals surface area (Å²) >= 11 is 0. The van der Waals surface area contributed by atoms with Gasteiger partial charge in [-0.2, -0.15) is 0 Å². The first-order valence-corrected chi connectivity index (χ1v) is 15.6. The molecule has 2 heterocycles. The Morgan fingerprint density at radius 2 is 1.15 bits per heavy atom. The number of aromatic nitrogens is 2. The van der Waals surface area contributed by atoms with E-state index in [0.717, 1.165) is 49.8 Å². The van der Waals surface area contributed by atoms with E-state index in [0.29, 0.717) is 5.56 Å². The Bertz CT molecular complexity index is 2390. The Balaban J connectivity index is 1.40. The summed E-state index contributed by atoms with van der Waals surface area (Å²) in [5.41, 5.74) is 10.9. The third kappa shape index (κ3) is 3.79.